The molecule has 0 aliphatic heterocycles. The highest BCUT2D eigenvalue weighted by molar-refractivity contribution is 5.73. The second-order valence-electron chi connectivity index (χ2n) is 5.28. The molecule has 0 amide bonds. The molecule has 0 fully saturated rings. The fourth-order valence-electron chi connectivity index (χ4n) is 1.84. The Morgan fingerprint density at radius 2 is 2.06 bits per heavy atom. The van der Waals surface area contributed by atoms with Gasteiger partial charge in [-0.05, 0) is 34.2 Å². The van der Waals surface area contributed by atoms with Crippen LogP contribution in [0.25, 0.3) is 0 Å². The summed E-state index contributed by atoms with van der Waals surface area (Å²) in [5.41, 5.74) is 2.37. The predicted molar refractivity (Wildman–Crippen MR) is 70.5 cm³/mol. The predicted octanol–water partition coefficient (Wildman–Crippen LogP) is 1.72. The molecule has 0 aliphatic carbocycles. The Labute approximate surface area is 108 Å². The van der Waals surface area contributed by atoms with Crippen LogP contribution < -0.4 is 5.32 Å². The van der Waals surface area contributed by atoms with E-state index in [1.54, 1.807) is 18.5 Å². The number of carbonyl (C=O) groups is 1. The largest absolute Gasteiger partial charge is 0.481 e. The van der Waals surface area contributed by atoms with E-state index in [2.05, 4.69) is 17.3 Å². The third-order valence-electron chi connectivity index (χ3n) is 3.21. The molecule has 0 aliphatic rings. The summed E-state index contributed by atoms with van der Waals surface area (Å²) < 4.78 is 1.80. The molecule has 0 spiro atoms. The number of carboxylic acids is 1. The van der Waals surface area contributed by atoms with Gasteiger partial charge in [-0.3, -0.25) is 9.48 Å². The van der Waals surface area contributed by atoms with Crippen molar-refractivity contribution >= 4 is 5.97 Å². The van der Waals surface area contributed by atoms with Crippen molar-refractivity contribution in [3.05, 3.63) is 17.0 Å². The number of nitrogens with one attached hydrogen (secondary N) is 1. The van der Waals surface area contributed by atoms with E-state index in [0.29, 0.717) is 6.54 Å². The molecule has 5 nitrogen and oxygen atoms in total. The Morgan fingerprint density at radius 1 is 1.44 bits per heavy atom. The van der Waals surface area contributed by atoms with E-state index in [1.807, 2.05) is 13.8 Å². The van der Waals surface area contributed by atoms with E-state index >= 15 is 0 Å². The van der Waals surface area contributed by atoms with Crippen LogP contribution in [0, 0.1) is 19.3 Å². The Morgan fingerprint density at radius 3 is 2.56 bits per heavy atom. The van der Waals surface area contributed by atoms with Gasteiger partial charge in [-0.1, -0.05) is 6.92 Å². The number of aromatic nitrogens is 2. The quantitative estimate of drug-likeness (QED) is 0.810. The summed E-state index contributed by atoms with van der Waals surface area (Å²) in [4.78, 5) is 11.1. The second kappa shape index (κ2) is 5.52. The first-order valence-corrected chi connectivity index (χ1v) is 6.26. The lowest BCUT2D eigenvalue weighted by atomic mass is 9.94. The molecular formula is C13H23N3O2. The highest BCUT2D eigenvalue weighted by atomic mass is 16.4. The molecule has 0 radical (unpaired) electrons. The molecule has 0 saturated heterocycles. The van der Waals surface area contributed by atoms with Crippen LogP contribution in [0.15, 0.2) is 0 Å². The van der Waals surface area contributed by atoms with Crippen molar-refractivity contribution in [3.63, 3.8) is 0 Å². The molecule has 18 heavy (non-hydrogen) atoms. The summed E-state index contributed by atoms with van der Waals surface area (Å²) in [6.45, 7) is 11.5. The van der Waals surface area contributed by atoms with Gasteiger partial charge >= 0.3 is 5.97 Å². The fourth-order valence-corrected chi connectivity index (χ4v) is 1.84. The second-order valence-corrected chi connectivity index (χ2v) is 5.28. The Kier molecular flexibility index (Phi) is 4.51. The van der Waals surface area contributed by atoms with Crippen LogP contribution in [0.2, 0.25) is 0 Å². The van der Waals surface area contributed by atoms with Gasteiger partial charge in [0.2, 0.25) is 0 Å². The van der Waals surface area contributed by atoms with Crippen LogP contribution in [0.1, 0.15) is 37.7 Å². The first-order valence-electron chi connectivity index (χ1n) is 6.26. The summed E-state index contributed by atoms with van der Waals surface area (Å²) in [6, 6.07) is 0. The molecule has 0 atom stereocenters. The maximum atomic E-state index is 11.1. The monoisotopic (exact) mass is 253 g/mol. The SMILES string of the molecule is CCNCc1c(C)nn(CC(C)(C)C(=O)O)c1C. The summed E-state index contributed by atoms with van der Waals surface area (Å²) in [5, 5.41) is 16.9. The average molecular weight is 253 g/mol. The Bertz CT molecular complexity index is 436. The number of carboxylic acid groups (broad SMARTS) is 1. The van der Waals surface area contributed by atoms with E-state index in [0.717, 1.165) is 30.0 Å². The molecule has 0 saturated carbocycles. The third-order valence-corrected chi connectivity index (χ3v) is 3.21. The summed E-state index contributed by atoms with van der Waals surface area (Å²) in [5.74, 6) is -0.803. The standard InChI is InChI=1S/C13H23N3O2/c1-6-14-7-11-9(2)15-16(10(11)3)8-13(4,5)12(17)18/h14H,6-8H2,1-5H3,(H,17,18). The van der Waals surface area contributed by atoms with Gasteiger partial charge in [0.25, 0.3) is 0 Å². The zero-order valence-corrected chi connectivity index (χ0v) is 11.9. The van der Waals surface area contributed by atoms with Crippen molar-refractivity contribution in [2.45, 2.75) is 47.7 Å². The van der Waals surface area contributed by atoms with Gasteiger partial charge < -0.3 is 10.4 Å². The molecule has 1 rings (SSSR count). The van der Waals surface area contributed by atoms with Crippen LogP contribution in [-0.4, -0.2) is 27.4 Å². The molecule has 1 aromatic heterocycles. The summed E-state index contributed by atoms with van der Waals surface area (Å²) >= 11 is 0. The molecule has 0 bridgehead atoms. The summed E-state index contributed by atoms with van der Waals surface area (Å²) in [6.07, 6.45) is 0. The number of nitrogens with zero attached hydrogens (tertiary/aromatic N) is 2. The van der Waals surface area contributed by atoms with E-state index in [1.165, 1.54) is 0 Å². The van der Waals surface area contributed by atoms with Crippen LogP contribution in [-0.2, 0) is 17.9 Å². The minimum Gasteiger partial charge on any atom is -0.481 e. The van der Waals surface area contributed by atoms with Gasteiger partial charge in [0.15, 0.2) is 0 Å². The Balaban J connectivity index is 2.95. The number of aliphatic carboxylic acids is 1. The molecule has 102 valence electrons. The first kappa shape index (κ1) is 14.7. The van der Waals surface area contributed by atoms with Gasteiger partial charge in [0, 0.05) is 17.8 Å². The molecule has 1 aromatic rings. The number of hydrogen-bond acceptors (Lipinski definition) is 3. The Hall–Kier alpha value is -1.36. The molecule has 2 N–H and O–H groups in total. The number of hydrogen-bond donors (Lipinski definition) is 2. The molecular weight excluding hydrogens is 230 g/mol. The maximum absolute atomic E-state index is 11.1. The first-order chi connectivity index (χ1) is 8.29. The number of rotatable bonds is 6. The van der Waals surface area contributed by atoms with E-state index in [-0.39, 0.29) is 0 Å². The van der Waals surface area contributed by atoms with Crippen LogP contribution in [0.4, 0.5) is 0 Å². The van der Waals surface area contributed by atoms with Crippen molar-refractivity contribution < 1.29 is 9.90 Å². The van der Waals surface area contributed by atoms with Crippen molar-refractivity contribution in [1.82, 2.24) is 15.1 Å². The van der Waals surface area contributed by atoms with E-state index < -0.39 is 11.4 Å². The van der Waals surface area contributed by atoms with Crippen LogP contribution in [0.3, 0.4) is 0 Å². The average Bonchev–Trinajstić information content (AvgIpc) is 2.51. The topological polar surface area (TPSA) is 67.2 Å². The fraction of sp³-hybridized carbons (Fsp3) is 0.692. The van der Waals surface area contributed by atoms with Gasteiger partial charge in [-0.25, -0.2) is 0 Å². The molecule has 0 aromatic carbocycles. The smallest absolute Gasteiger partial charge is 0.310 e. The minimum atomic E-state index is -0.807. The zero-order valence-electron chi connectivity index (χ0n) is 11.9. The van der Waals surface area contributed by atoms with E-state index in [9.17, 15) is 4.79 Å². The van der Waals surface area contributed by atoms with Gasteiger partial charge in [-0.15, -0.1) is 0 Å². The van der Waals surface area contributed by atoms with Crippen LogP contribution in [0.5, 0.6) is 0 Å². The van der Waals surface area contributed by atoms with Crippen LogP contribution >= 0.6 is 0 Å². The van der Waals surface area contributed by atoms with Gasteiger partial charge in [-0.2, -0.15) is 5.10 Å². The highest BCUT2D eigenvalue weighted by Gasteiger charge is 2.29. The zero-order chi connectivity index (χ0) is 13.9. The van der Waals surface area contributed by atoms with Gasteiger partial charge in [0.1, 0.15) is 0 Å². The number of aryl methyl sites for hydroxylation is 1. The highest BCUT2D eigenvalue weighted by Crippen LogP contribution is 2.21. The normalized spacial score (nSPS) is 11.8. The maximum Gasteiger partial charge on any atom is 0.310 e. The van der Waals surface area contributed by atoms with E-state index in [4.69, 9.17) is 5.11 Å². The molecule has 5 heteroatoms. The minimum absolute atomic E-state index is 0.390. The van der Waals surface area contributed by atoms with Crippen molar-refractivity contribution in [2.75, 3.05) is 6.54 Å². The lowest BCUT2D eigenvalue weighted by molar-refractivity contribution is -0.147. The summed E-state index contributed by atoms with van der Waals surface area (Å²) in [7, 11) is 0. The molecule has 1 heterocycles. The van der Waals surface area contributed by atoms with Crippen molar-refractivity contribution in [2.24, 2.45) is 5.41 Å². The van der Waals surface area contributed by atoms with Crippen molar-refractivity contribution in [1.29, 1.82) is 0 Å². The van der Waals surface area contributed by atoms with Gasteiger partial charge in [0.05, 0.1) is 17.7 Å². The molecule has 0 unspecified atom stereocenters. The van der Waals surface area contributed by atoms with Crippen molar-refractivity contribution in [3.8, 4) is 0 Å². The third kappa shape index (κ3) is 3.10. The lowest BCUT2D eigenvalue weighted by Crippen LogP contribution is -2.30. The lowest BCUT2D eigenvalue weighted by Gasteiger charge is -2.19.